The summed E-state index contributed by atoms with van der Waals surface area (Å²) in [7, 11) is 0. The zero-order valence-electron chi connectivity index (χ0n) is 15.9. The lowest BCUT2D eigenvalue weighted by molar-refractivity contribution is 0.0927. The highest BCUT2D eigenvalue weighted by atomic mass is 16.1. The zero-order chi connectivity index (χ0) is 18.9. The Labute approximate surface area is 165 Å². The molecule has 0 radical (unpaired) electrons. The molecule has 0 unspecified atom stereocenters. The summed E-state index contributed by atoms with van der Waals surface area (Å²) in [6.07, 6.45) is 6.91. The van der Waals surface area contributed by atoms with Crippen molar-refractivity contribution in [3.63, 3.8) is 0 Å². The molecule has 1 amide bonds. The van der Waals surface area contributed by atoms with Gasteiger partial charge in [0.2, 0.25) is 0 Å². The molecular formula is C24H25N3O. The Bertz CT molecular complexity index is 944. The van der Waals surface area contributed by atoms with Crippen LogP contribution in [-0.4, -0.2) is 21.7 Å². The van der Waals surface area contributed by atoms with Crippen molar-refractivity contribution in [1.82, 2.24) is 15.1 Å². The second-order valence-electron chi connectivity index (χ2n) is 8.11. The first-order valence-electron chi connectivity index (χ1n) is 10.3. The van der Waals surface area contributed by atoms with E-state index in [1.807, 2.05) is 59.4 Å². The number of rotatable bonds is 7. The summed E-state index contributed by atoms with van der Waals surface area (Å²) in [5.74, 6) is 1.37. The molecular weight excluding hydrogens is 346 g/mol. The Hall–Kier alpha value is -2.88. The monoisotopic (exact) mass is 371 g/mol. The number of aromatic nitrogens is 2. The third kappa shape index (κ3) is 3.72. The van der Waals surface area contributed by atoms with Crippen LogP contribution in [0.5, 0.6) is 0 Å². The lowest BCUT2D eigenvalue weighted by atomic mass is 10.0. The third-order valence-corrected chi connectivity index (χ3v) is 5.80. The standard InChI is InChI=1S/C24H25N3O/c28-24(25-22(19-11-12-19)20-13-14-20)21-16-27(15-17-7-3-1-4-8-17)26-23(21)18-9-5-2-6-10-18/h1-10,16,19-20,22H,11-15H2,(H,25,28). The van der Waals surface area contributed by atoms with E-state index in [0.29, 0.717) is 30.0 Å². The quantitative estimate of drug-likeness (QED) is 0.664. The number of hydrogen-bond acceptors (Lipinski definition) is 2. The van der Waals surface area contributed by atoms with Gasteiger partial charge in [0.05, 0.1) is 12.1 Å². The SMILES string of the molecule is O=C(NC(C1CC1)C1CC1)c1cn(Cc2ccccc2)nc1-c1ccccc1. The molecule has 2 aliphatic rings. The van der Waals surface area contributed by atoms with E-state index in [1.54, 1.807) is 0 Å². The fraction of sp³-hybridized carbons (Fsp3) is 0.333. The number of carbonyl (C=O) groups is 1. The van der Waals surface area contributed by atoms with Crippen LogP contribution in [0.3, 0.4) is 0 Å². The average molecular weight is 371 g/mol. The topological polar surface area (TPSA) is 46.9 Å². The van der Waals surface area contributed by atoms with Gasteiger partial charge in [-0.25, -0.2) is 0 Å². The van der Waals surface area contributed by atoms with Gasteiger partial charge in [-0.3, -0.25) is 9.48 Å². The van der Waals surface area contributed by atoms with Gasteiger partial charge in [0.1, 0.15) is 5.69 Å². The van der Waals surface area contributed by atoms with E-state index in [9.17, 15) is 4.79 Å². The van der Waals surface area contributed by atoms with E-state index >= 15 is 0 Å². The average Bonchev–Trinajstić information content (AvgIpc) is 3.66. The van der Waals surface area contributed by atoms with Crippen molar-refractivity contribution in [3.05, 3.63) is 78.0 Å². The van der Waals surface area contributed by atoms with Crippen LogP contribution in [0.2, 0.25) is 0 Å². The molecule has 1 heterocycles. The molecule has 5 rings (SSSR count). The Morgan fingerprint density at radius 3 is 2.18 bits per heavy atom. The summed E-state index contributed by atoms with van der Waals surface area (Å²) in [6.45, 7) is 0.655. The number of benzene rings is 2. The molecule has 2 aromatic carbocycles. The highest BCUT2D eigenvalue weighted by molar-refractivity contribution is 6.00. The molecule has 4 nitrogen and oxygen atoms in total. The summed E-state index contributed by atoms with van der Waals surface area (Å²) in [4.78, 5) is 13.2. The summed E-state index contributed by atoms with van der Waals surface area (Å²) in [5.41, 5.74) is 3.59. The Kier molecular flexibility index (Phi) is 4.47. The van der Waals surface area contributed by atoms with Crippen LogP contribution in [0.15, 0.2) is 66.9 Å². The molecule has 0 bridgehead atoms. The van der Waals surface area contributed by atoms with Gasteiger partial charge in [-0.1, -0.05) is 60.7 Å². The van der Waals surface area contributed by atoms with E-state index in [4.69, 9.17) is 5.10 Å². The molecule has 0 saturated heterocycles. The van der Waals surface area contributed by atoms with Crippen LogP contribution in [0.4, 0.5) is 0 Å². The predicted molar refractivity (Wildman–Crippen MR) is 110 cm³/mol. The molecule has 142 valence electrons. The first kappa shape index (κ1) is 17.2. The van der Waals surface area contributed by atoms with Crippen molar-refractivity contribution >= 4 is 5.91 Å². The Balaban J connectivity index is 1.45. The molecule has 2 aliphatic carbocycles. The summed E-state index contributed by atoms with van der Waals surface area (Å²) in [6, 6.07) is 20.6. The molecule has 0 aliphatic heterocycles. The van der Waals surface area contributed by atoms with Crippen LogP contribution in [-0.2, 0) is 6.54 Å². The Morgan fingerprint density at radius 1 is 0.964 bits per heavy atom. The number of amides is 1. The maximum Gasteiger partial charge on any atom is 0.255 e. The van der Waals surface area contributed by atoms with Gasteiger partial charge in [0.15, 0.2) is 0 Å². The van der Waals surface area contributed by atoms with E-state index in [2.05, 4.69) is 17.4 Å². The summed E-state index contributed by atoms with van der Waals surface area (Å²) < 4.78 is 1.88. The number of carbonyl (C=O) groups excluding carboxylic acids is 1. The van der Waals surface area contributed by atoms with E-state index < -0.39 is 0 Å². The van der Waals surface area contributed by atoms with Gasteiger partial charge in [-0.2, -0.15) is 5.10 Å². The smallest absolute Gasteiger partial charge is 0.255 e. The second kappa shape index (κ2) is 7.27. The van der Waals surface area contributed by atoms with Gasteiger partial charge in [0.25, 0.3) is 5.91 Å². The molecule has 0 atom stereocenters. The second-order valence-corrected chi connectivity index (χ2v) is 8.11. The lowest BCUT2D eigenvalue weighted by Crippen LogP contribution is -2.38. The molecule has 28 heavy (non-hydrogen) atoms. The van der Waals surface area contributed by atoms with Crippen molar-refractivity contribution in [1.29, 1.82) is 0 Å². The molecule has 2 fully saturated rings. The van der Waals surface area contributed by atoms with Gasteiger partial charge in [-0.05, 0) is 43.1 Å². The third-order valence-electron chi connectivity index (χ3n) is 5.80. The molecule has 4 heteroatoms. The van der Waals surface area contributed by atoms with E-state index in [-0.39, 0.29) is 5.91 Å². The predicted octanol–water partition coefficient (Wildman–Crippen LogP) is 4.52. The van der Waals surface area contributed by atoms with Gasteiger partial charge in [-0.15, -0.1) is 0 Å². The van der Waals surface area contributed by atoms with Gasteiger partial charge in [0, 0.05) is 17.8 Å². The van der Waals surface area contributed by atoms with E-state index in [1.165, 1.54) is 31.2 Å². The first-order chi connectivity index (χ1) is 13.8. The first-order valence-corrected chi connectivity index (χ1v) is 10.3. The van der Waals surface area contributed by atoms with Crippen LogP contribution < -0.4 is 5.32 Å². The Morgan fingerprint density at radius 2 is 1.57 bits per heavy atom. The zero-order valence-corrected chi connectivity index (χ0v) is 15.9. The molecule has 2 saturated carbocycles. The number of nitrogens with one attached hydrogen (secondary N) is 1. The van der Waals surface area contributed by atoms with Crippen molar-refractivity contribution in [2.45, 2.75) is 38.3 Å². The maximum atomic E-state index is 13.2. The minimum atomic E-state index is 0.0157. The van der Waals surface area contributed by atoms with Crippen molar-refractivity contribution in [3.8, 4) is 11.3 Å². The van der Waals surface area contributed by atoms with Crippen LogP contribution in [0.25, 0.3) is 11.3 Å². The number of nitrogens with zero attached hydrogens (tertiary/aromatic N) is 2. The highest BCUT2D eigenvalue weighted by Crippen LogP contribution is 2.44. The molecule has 3 aromatic rings. The fourth-order valence-electron chi connectivity index (χ4n) is 4.01. The lowest BCUT2D eigenvalue weighted by Gasteiger charge is -2.17. The minimum Gasteiger partial charge on any atom is -0.349 e. The molecule has 1 aromatic heterocycles. The van der Waals surface area contributed by atoms with Crippen LogP contribution in [0.1, 0.15) is 41.6 Å². The fourth-order valence-corrected chi connectivity index (χ4v) is 4.01. The maximum absolute atomic E-state index is 13.2. The van der Waals surface area contributed by atoms with Crippen LogP contribution in [0, 0.1) is 11.8 Å². The summed E-state index contributed by atoms with van der Waals surface area (Å²) >= 11 is 0. The van der Waals surface area contributed by atoms with E-state index in [0.717, 1.165) is 11.3 Å². The van der Waals surface area contributed by atoms with Crippen molar-refractivity contribution in [2.75, 3.05) is 0 Å². The van der Waals surface area contributed by atoms with Crippen LogP contribution >= 0.6 is 0 Å². The van der Waals surface area contributed by atoms with Crippen molar-refractivity contribution in [2.24, 2.45) is 11.8 Å². The number of hydrogen-bond donors (Lipinski definition) is 1. The van der Waals surface area contributed by atoms with Gasteiger partial charge < -0.3 is 5.32 Å². The van der Waals surface area contributed by atoms with Crippen molar-refractivity contribution < 1.29 is 4.79 Å². The largest absolute Gasteiger partial charge is 0.349 e. The minimum absolute atomic E-state index is 0.0157. The molecule has 1 N–H and O–H groups in total. The molecule has 0 spiro atoms. The normalized spacial score (nSPS) is 16.3. The highest BCUT2D eigenvalue weighted by Gasteiger charge is 2.42. The summed E-state index contributed by atoms with van der Waals surface area (Å²) in [5, 5.41) is 8.13. The van der Waals surface area contributed by atoms with Gasteiger partial charge >= 0.3 is 0 Å².